The van der Waals surface area contributed by atoms with Crippen molar-refractivity contribution in [1.82, 2.24) is 0 Å². The Kier molecular flexibility index (Phi) is 12.4. The van der Waals surface area contributed by atoms with E-state index in [4.69, 9.17) is 18.9 Å². The van der Waals surface area contributed by atoms with E-state index in [1.165, 1.54) is 0 Å². The van der Waals surface area contributed by atoms with Gasteiger partial charge in [-0.2, -0.15) is 0 Å². The molecule has 0 aromatic carbocycles. The van der Waals surface area contributed by atoms with E-state index in [0.717, 1.165) is 12.8 Å². The topological polar surface area (TPSA) is 248 Å². The summed E-state index contributed by atoms with van der Waals surface area (Å²) in [6, 6.07) is 0. The molecular formula is C41H70O15. The molecule has 0 bridgehead atoms. The van der Waals surface area contributed by atoms with Crippen molar-refractivity contribution in [2.45, 2.75) is 185 Å². The molecule has 20 atom stereocenters. The van der Waals surface area contributed by atoms with Gasteiger partial charge in [0.25, 0.3) is 0 Å². The lowest BCUT2D eigenvalue weighted by molar-refractivity contribution is -0.340. The molecule has 56 heavy (non-hydrogen) atoms. The average Bonchev–Trinajstić information content (AvgIpc) is 3.64. The zero-order valence-electron chi connectivity index (χ0n) is 34.3. The van der Waals surface area contributed by atoms with Gasteiger partial charge in [0.05, 0.1) is 37.1 Å². The van der Waals surface area contributed by atoms with Crippen molar-refractivity contribution in [3.8, 4) is 0 Å². The Labute approximate surface area is 330 Å². The van der Waals surface area contributed by atoms with Crippen molar-refractivity contribution >= 4 is 0 Å². The highest BCUT2D eigenvalue weighted by Crippen LogP contribution is 2.76. The fourth-order valence-electron chi connectivity index (χ4n) is 13.1. The SMILES string of the molecule is CC(C)(C=CCC(C)(OC1OC(COC2OC(CO)C(O)C2O)C(O)C(O)C1O)C1CCC2(C)C1C(O)CC1C3(C)CCC(O)C(C)(C)C3C(O)CC12C)OO. The second-order valence-electron chi connectivity index (χ2n) is 20.3. The number of ether oxygens (including phenoxy) is 4. The van der Waals surface area contributed by atoms with Gasteiger partial charge in [-0.3, -0.25) is 5.26 Å². The third-order valence-electron chi connectivity index (χ3n) is 16.3. The van der Waals surface area contributed by atoms with Crippen LogP contribution in [-0.2, 0) is 23.8 Å². The highest BCUT2D eigenvalue weighted by Gasteiger charge is 2.73. The van der Waals surface area contributed by atoms with Crippen molar-refractivity contribution in [2.24, 2.45) is 45.3 Å². The summed E-state index contributed by atoms with van der Waals surface area (Å²) in [6.45, 7) is 15.1. The smallest absolute Gasteiger partial charge is 0.187 e. The number of rotatable bonds is 11. The van der Waals surface area contributed by atoms with Crippen molar-refractivity contribution in [3.63, 3.8) is 0 Å². The summed E-state index contributed by atoms with van der Waals surface area (Å²) < 4.78 is 24.0. The molecule has 6 aliphatic rings. The third kappa shape index (κ3) is 7.15. The monoisotopic (exact) mass is 802 g/mol. The largest absolute Gasteiger partial charge is 0.394 e. The molecule has 2 aliphatic heterocycles. The fourth-order valence-corrected chi connectivity index (χ4v) is 13.1. The van der Waals surface area contributed by atoms with Gasteiger partial charge in [0, 0.05) is 0 Å². The zero-order chi connectivity index (χ0) is 41.6. The van der Waals surface area contributed by atoms with E-state index in [2.05, 4.69) is 39.5 Å². The molecule has 0 amide bonds. The number of aliphatic hydroxyl groups is 9. The Bertz CT molecular complexity index is 1410. The van der Waals surface area contributed by atoms with Gasteiger partial charge in [-0.1, -0.05) is 46.8 Å². The van der Waals surface area contributed by atoms with Crippen molar-refractivity contribution in [3.05, 3.63) is 12.2 Å². The fraction of sp³-hybridized carbons (Fsp3) is 0.951. The second kappa shape index (κ2) is 15.6. The van der Waals surface area contributed by atoms with Crippen LogP contribution in [0.3, 0.4) is 0 Å². The minimum atomic E-state index is -1.72. The van der Waals surface area contributed by atoms with E-state index in [9.17, 15) is 51.2 Å². The Hall–Kier alpha value is -0.860. The van der Waals surface area contributed by atoms with Crippen LogP contribution in [0.25, 0.3) is 0 Å². The Morgan fingerprint density at radius 1 is 0.750 bits per heavy atom. The molecule has 2 heterocycles. The molecule has 15 heteroatoms. The molecule has 0 spiro atoms. The lowest BCUT2D eigenvalue weighted by Gasteiger charge is -2.71. The summed E-state index contributed by atoms with van der Waals surface area (Å²) in [4.78, 5) is 4.65. The molecule has 20 unspecified atom stereocenters. The van der Waals surface area contributed by atoms with Crippen LogP contribution >= 0.6 is 0 Å². The Balaban J connectivity index is 1.30. The lowest BCUT2D eigenvalue weighted by atomic mass is 9.34. The minimum absolute atomic E-state index is 0.0665. The third-order valence-corrected chi connectivity index (χ3v) is 16.3. The van der Waals surface area contributed by atoms with Crippen molar-refractivity contribution < 1.29 is 75.1 Å². The van der Waals surface area contributed by atoms with Gasteiger partial charge in [0.1, 0.15) is 48.3 Å². The first-order valence-corrected chi connectivity index (χ1v) is 20.6. The molecule has 4 saturated carbocycles. The maximum atomic E-state index is 12.4. The average molecular weight is 803 g/mol. The first kappa shape index (κ1) is 44.7. The molecular weight excluding hydrogens is 732 g/mol. The van der Waals surface area contributed by atoms with Gasteiger partial charge in [-0.25, -0.2) is 4.89 Å². The van der Waals surface area contributed by atoms with E-state index < -0.39 is 114 Å². The number of fused-ring (bicyclic) bond motifs is 5. The van der Waals surface area contributed by atoms with Gasteiger partial charge in [-0.05, 0) is 111 Å². The number of hydrogen-bond acceptors (Lipinski definition) is 15. The van der Waals surface area contributed by atoms with E-state index in [-0.39, 0.29) is 35.5 Å². The molecule has 6 fully saturated rings. The zero-order valence-corrected chi connectivity index (χ0v) is 34.3. The van der Waals surface area contributed by atoms with Crippen LogP contribution in [0, 0.1) is 45.3 Å². The Morgan fingerprint density at radius 3 is 2.00 bits per heavy atom. The number of hydrogen-bond donors (Lipinski definition) is 10. The minimum Gasteiger partial charge on any atom is -0.394 e. The maximum Gasteiger partial charge on any atom is 0.187 e. The quantitative estimate of drug-likeness (QED) is 0.0802. The summed E-state index contributed by atoms with van der Waals surface area (Å²) in [5.74, 6) is -0.729. The molecule has 4 aliphatic carbocycles. The van der Waals surface area contributed by atoms with Gasteiger partial charge in [0.2, 0.25) is 0 Å². The van der Waals surface area contributed by atoms with Gasteiger partial charge < -0.3 is 64.9 Å². The standard InChI is InChI=1S/C41H70O15/c1-36(2,56-51)12-9-13-41(8,55-35-32(50)30(48)29(47)24(54-35)19-52-34-31(49)28(46)23(18-42)53-34)20-10-15-39(6)27(20)21(43)16-25-38(5)14-11-26(45)37(3,4)33(38)22(44)17-40(25,39)7/h9,12,20-35,42-51H,10-11,13-19H2,1-8H3. The van der Waals surface area contributed by atoms with E-state index in [0.29, 0.717) is 25.7 Å². The number of aliphatic hydroxyl groups excluding tert-OH is 9. The van der Waals surface area contributed by atoms with Crippen LogP contribution in [0.1, 0.15) is 100 Å². The van der Waals surface area contributed by atoms with Crippen molar-refractivity contribution in [2.75, 3.05) is 13.2 Å². The predicted molar refractivity (Wildman–Crippen MR) is 199 cm³/mol. The highest BCUT2D eigenvalue weighted by molar-refractivity contribution is 5.22. The molecule has 15 nitrogen and oxygen atoms in total. The van der Waals surface area contributed by atoms with Crippen LogP contribution in [0.2, 0.25) is 0 Å². The molecule has 0 aromatic heterocycles. The highest BCUT2D eigenvalue weighted by atomic mass is 17.1. The van der Waals surface area contributed by atoms with Gasteiger partial charge in [-0.15, -0.1) is 0 Å². The molecule has 10 N–H and O–H groups in total. The van der Waals surface area contributed by atoms with Crippen LogP contribution < -0.4 is 0 Å². The molecule has 0 radical (unpaired) electrons. The summed E-state index contributed by atoms with van der Waals surface area (Å²) in [6.07, 6.45) is -7.65. The van der Waals surface area contributed by atoms with Crippen LogP contribution in [0.5, 0.6) is 0 Å². The lowest BCUT2D eigenvalue weighted by Crippen LogP contribution is -2.70. The van der Waals surface area contributed by atoms with E-state index >= 15 is 0 Å². The molecule has 6 rings (SSSR count). The summed E-state index contributed by atoms with van der Waals surface area (Å²) in [7, 11) is 0. The first-order chi connectivity index (χ1) is 25.9. The van der Waals surface area contributed by atoms with Crippen LogP contribution in [0.15, 0.2) is 12.2 Å². The van der Waals surface area contributed by atoms with Gasteiger partial charge in [0.15, 0.2) is 12.6 Å². The maximum absolute atomic E-state index is 12.4. The summed E-state index contributed by atoms with van der Waals surface area (Å²) >= 11 is 0. The molecule has 0 aromatic rings. The first-order valence-electron chi connectivity index (χ1n) is 20.6. The van der Waals surface area contributed by atoms with Crippen LogP contribution in [-0.4, -0.2) is 149 Å². The van der Waals surface area contributed by atoms with E-state index in [1.54, 1.807) is 26.0 Å². The molecule has 2 saturated heterocycles. The Morgan fingerprint density at radius 2 is 1.38 bits per heavy atom. The predicted octanol–water partition coefficient (Wildman–Crippen LogP) is 1.23. The van der Waals surface area contributed by atoms with Crippen molar-refractivity contribution in [1.29, 1.82) is 0 Å². The normalized spacial score (nSPS) is 51.7. The second-order valence-corrected chi connectivity index (χ2v) is 20.3. The van der Waals surface area contributed by atoms with Crippen LogP contribution in [0.4, 0.5) is 0 Å². The molecule has 324 valence electrons. The summed E-state index contributed by atoms with van der Waals surface area (Å²) in [5, 5.41) is 108. The van der Waals surface area contributed by atoms with E-state index in [1.807, 2.05) is 6.92 Å². The van der Waals surface area contributed by atoms with Gasteiger partial charge >= 0.3 is 0 Å². The summed E-state index contributed by atoms with van der Waals surface area (Å²) in [5.41, 5.74) is -3.90.